The van der Waals surface area contributed by atoms with Crippen LogP contribution in [0.1, 0.15) is 11.1 Å². The molecule has 3 aromatic carbocycles. The Labute approximate surface area is 205 Å². The van der Waals surface area contributed by atoms with Gasteiger partial charge in [-0.2, -0.15) is 13.2 Å². The van der Waals surface area contributed by atoms with E-state index in [1.807, 2.05) is 17.0 Å². The third-order valence-corrected chi connectivity index (χ3v) is 6.05. The number of anilines is 1. The van der Waals surface area contributed by atoms with E-state index in [2.05, 4.69) is 5.32 Å². The molecule has 0 unspecified atom stereocenters. The molecule has 0 atom stereocenters. The summed E-state index contributed by atoms with van der Waals surface area (Å²) in [6.45, 7) is 1.87. The molecule has 1 fully saturated rings. The number of benzene rings is 3. The fourth-order valence-electron chi connectivity index (χ4n) is 4.16. The number of carbonyl (C=O) groups excluding carboxylic acids is 1. The molecular weight excluding hydrogens is 473 g/mol. The maximum atomic E-state index is 13.3. The summed E-state index contributed by atoms with van der Waals surface area (Å²) in [5, 5.41) is 2.88. The predicted molar refractivity (Wildman–Crippen MR) is 129 cm³/mol. The van der Waals surface area contributed by atoms with Crippen LogP contribution in [0, 0.1) is 0 Å². The highest BCUT2D eigenvalue weighted by atomic mass is 19.4. The molecule has 1 saturated heterocycles. The molecule has 3 aromatic rings. The fraction of sp³-hybridized carbons (Fsp3) is 0.231. The zero-order valence-electron chi connectivity index (χ0n) is 19.4. The molecule has 0 spiro atoms. The van der Waals surface area contributed by atoms with E-state index in [4.69, 9.17) is 14.5 Å². The van der Waals surface area contributed by atoms with Crippen LogP contribution in [0.5, 0.6) is 17.2 Å². The summed E-state index contributed by atoms with van der Waals surface area (Å²) in [6, 6.07) is 17.3. The molecule has 7 nitrogen and oxygen atoms in total. The van der Waals surface area contributed by atoms with E-state index < -0.39 is 11.7 Å². The van der Waals surface area contributed by atoms with Gasteiger partial charge < -0.3 is 24.6 Å². The monoisotopic (exact) mass is 496 g/mol. The van der Waals surface area contributed by atoms with Gasteiger partial charge in [-0.05, 0) is 42.5 Å². The molecule has 1 N–H and O–H groups in total. The van der Waals surface area contributed by atoms with Gasteiger partial charge in [0, 0.05) is 37.9 Å². The number of amides is 2. The van der Waals surface area contributed by atoms with E-state index >= 15 is 0 Å². The topological polar surface area (TPSA) is 66.4 Å². The molecule has 2 heterocycles. The highest BCUT2D eigenvalue weighted by molar-refractivity contribution is 6.04. The molecule has 2 aliphatic rings. The van der Waals surface area contributed by atoms with Crippen LogP contribution < -0.4 is 14.8 Å². The van der Waals surface area contributed by atoms with Crippen LogP contribution in [0.2, 0.25) is 0 Å². The van der Waals surface area contributed by atoms with Gasteiger partial charge in [-0.1, -0.05) is 18.2 Å². The van der Waals surface area contributed by atoms with E-state index in [0.29, 0.717) is 60.5 Å². The van der Waals surface area contributed by atoms with Crippen molar-refractivity contribution in [2.45, 2.75) is 6.18 Å². The molecule has 2 amide bonds. The van der Waals surface area contributed by atoms with Crippen molar-refractivity contribution < 1.29 is 27.4 Å². The number of alkyl halides is 3. The zero-order chi connectivity index (χ0) is 25.3. The van der Waals surface area contributed by atoms with Crippen molar-refractivity contribution in [3.05, 3.63) is 77.9 Å². The molecule has 10 heteroatoms. The number of rotatable bonds is 2. The first-order valence-corrected chi connectivity index (χ1v) is 11.3. The first-order valence-electron chi connectivity index (χ1n) is 11.3. The number of fused-ring (bicyclic) bond motifs is 2. The van der Waals surface area contributed by atoms with Crippen LogP contribution in [0.3, 0.4) is 0 Å². The number of hydrogen-bond donors (Lipinski definition) is 1. The number of methoxy groups -OCH3 is 1. The SMILES string of the molecule is COc1cccc(NC(=O)N2CCN(C3=Nc4ccc(C(F)(F)F)cc4Oc4ccccc43)CC2)c1. The average Bonchev–Trinajstić information content (AvgIpc) is 3.04. The van der Waals surface area contributed by atoms with E-state index in [1.54, 1.807) is 48.4 Å². The Hall–Kier alpha value is -4.21. The number of carbonyl (C=O) groups is 1. The Morgan fingerprint density at radius 3 is 2.50 bits per heavy atom. The molecule has 0 radical (unpaired) electrons. The van der Waals surface area contributed by atoms with E-state index in [0.717, 1.165) is 12.1 Å². The lowest BCUT2D eigenvalue weighted by Crippen LogP contribution is -2.51. The van der Waals surface area contributed by atoms with Crippen molar-refractivity contribution in [3.8, 4) is 17.2 Å². The smallest absolute Gasteiger partial charge is 0.416 e. The van der Waals surface area contributed by atoms with Crippen LogP contribution in [0.25, 0.3) is 0 Å². The maximum absolute atomic E-state index is 13.3. The lowest BCUT2D eigenvalue weighted by atomic mass is 10.1. The molecule has 2 aliphatic heterocycles. The minimum atomic E-state index is -4.49. The summed E-state index contributed by atoms with van der Waals surface area (Å²) in [5.41, 5.74) is 0.827. The largest absolute Gasteiger partial charge is 0.497 e. The van der Waals surface area contributed by atoms with Gasteiger partial charge in [0.2, 0.25) is 0 Å². The van der Waals surface area contributed by atoms with E-state index in [9.17, 15) is 18.0 Å². The first-order chi connectivity index (χ1) is 17.3. The Bertz CT molecular complexity index is 1320. The molecule has 0 bridgehead atoms. The molecule has 0 saturated carbocycles. The highest BCUT2D eigenvalue weighted by Crippen LogP contribution is 2.41. The average molecular weight is 496 g/mol. The van der Waals surface area contributed by atoms with Gasteiger partial charge in [0.15, 0.2) is 5.75 Å². The first kappa shape index (κ1) is 23.5. The van der Waals surface area contributed by atoms with Crippen LogP contribution in [-0.4, -0.2) is 55.0 Å². The summed E-state index contributed by atoms with van der Waals surface area (Å²) in [5.74, 6) is 1.71. The molecule has 186 valence electrons. The number of amidine groups is 1. The number of hydrogen-bond acceptors (Lipinski definition) is 5. The van der Waals surface area contributed by atoms with Gasteiger partial charge in [-0.3, -0.25) is 0 Å². The van der Waals surface area contributed by atoms with Crippen molar-refractivity contribution in [3.63, 3.8) is 0 Å². The molecule has 5 rings (SSSR count). The summed E-state index contributed by atoms with van der Waals surface area (Å²) >= 11 is 0. The lowest BCUT2D eigenvalue weighted by Gasteiger charge is -2.36. The number of ether oxygens (including phenoxy) is 2. The minimum Gasteiger partial charge on any atom is -0.497 e. The van der Waals surface area contributed by atoms with Crippen molar-refractivity contribution in [1.29, 1.82) is 0 Å². The summed E-state index contributed by atoms with van der Waals surface area (Å²) in [7, 11) is 1.56. The lowest BCUT2D eigenvalue weighted by molar-refractivity contribution is -0.137. The Morgan fingerprint density at radius 1 is 0.972 bits per heavy atom. The van der Waals surface area contributed by atoms with Gasteiger partial charge in [0.05, 0.1) is 18.2 Å². The quantitative estimate of drug-likeness (QED) is 0.491. The number of nitrogens with one attached hydrogen (secondary N) is 1. The number of halogens is 3. The van der Waals surface area contributed by atoms with Gasteiger partial charge in [-0.25, -0.2) is 9.79 Å². The highest BCUT2D eigenvalue weighted by Gasteiger charge is 2.33. The van der Waals surface area contributed by atoms with Crippen molar-refractivity contribution in [2.24, 2.45) is 4.99 Å². The van der Waals surface area contributed by atoms with Crippen LogP contribution in [0.15, 0.2) is 71.7 Å². The van der Waals surface area contributed by atoms with Gasteiger partial charge in [-0.15, -0.1) is 0 Å². The molecule has 0 aliphatic carbocycles. The second kappa shape index (κ2) is 9.44. The third-order valence-electron chi connectivity index (χ3n) is 6.05. The van der Waals surface area contributed by atoms with Gasteiger partial charge in [0.1, 0.15) is 23.0 Å². The number of urea groups is 1. The minimum absolute atomic E-state index is 0.0450. The zero-order valence-corrected chi connectivity index (χ0v) is 19.4. The van der Waals surface area contributed by atoms with Crippen molar-refractivity contribution >= 4 is 23.2 Å². The molecule has 36 heavy (non-hydrogen) atoms. The predicted octanol–water partition coefficient (Wildman–Crippen LogP) is 5.75. The van der Waals surface area contributed by atoms with Crippen molar-refractivity contribution in [1.82, 2.24) is 9.80 Å². The van der Waals surface area contributed by atoms with Crippen LogP contribution in [0.4, 0.5) is 29.3 Å². The van der Waals surface area contributed by atoms with E-state index in [-0.39, 0.29) is 11.8 Å². The molecule has 0 aromatic heterocycles. The van der Waals surface area contributed by atoms with Crippen LogP contribution in [-0.2, 0) is 6.18 Å². The standard InChI is InChI=1S/C26H23F3N4O3/c1-35-19-6-4-5-18(16-19)30-25(34)33-13-11-32(12-14-33)24-20-7-2-3-8-22(20)36-23-15-17(26(27,28)29)9-10-21(23)31-24/h2-10,15-16H,11-14H2,1H3,(H,30,34). The van der Waals surface area contributed by atoms with Gasteiger partial charge in [0.25, 0.3) is 0 Å². The second-order valence-electron chi connectivity index (χ2n) is 8.35. The van der Waals surface area contributed by atoms with Crippen molar-refractivity contribution in [2.75, 3.05) is 38.6 Å². The number of nitrogens with zero attached hydrogens (tertiary/aromatic N) is 3. The number of piperazine rings is 1. The maximum Gasteiger partial charge on any atom is 0.416 e. The fourth-order valence-corrected chi connectivity index (χ4v) is 4.16. The Morgan fingerprint density at radius 2 is 1.75 bits per heavy atom. The normalized spacial score (nSPS) is 15.2. The van der Waals surface area contributed by atoms with E-state index in [1.165, 1.54) is 6.07 Å². The summed E-state index contributed by atoms with van der Waals surface area (Å²) < 4.78 is 50.8. The Kier molecular flexibility index (Phi) is 6.17. The Balaban J connectivity index is 1.36. The number of para-hydroxylation sites is 1. The summed E-state index contributed by atoms with van der Waals surface area (Å²) in [4.78, 5) is 21.2. The summed E-state index contributed by atoms with van der Waals surface area (Å²) in [6.07, 6.45) is -4.49. The van der Waals surface area contributed by atoms with Gasteiger partial charge >= 0.3 is 12.2 Å². The van der Waals surface area contributed by atoms with Crippen LogP contribution >= 0.6 is 0 Å². The third kappa shape index (κ3) is 4.79. The molecular formula is C26H23F3N4O3. The number of aliphatic imine (C=N–C) groups is 1. The second-order valence-corrected chi connectivity index (χ2v) is 8.35.